The highest BCUT2D eigenvalue weighted by Crippen LogP contribution is 2.29. The van der Waals surface area contributed by atoms with Gasteiger partial charge in [0.05, 0.1) is 11.2 Å². The first-order valence-electron chi connectivity index (χ1n) is 10.1. The Morgan fingerprint density at radius 2 is 1.41 bits per heavy atom. The maximum atomic E-state index is 4.98. The minimum atomic E-state index is -0.225. The highest BCUT2D eigenvalue weighted by atomic mass is 15.1. The van der Waals surface area contributed by atoms with Gasteiger partial charge in [0.1, 0.15) is 5.71 Å². The lowest BCUT2D eigenvalue weighted by atomic mass is 10.0. The Hall–Kier alpha value is -3.31. The third kappa shape index (κ3) is 5.59. The fourth-order valence-electron chi connectivity index (χ4n) is 3.15. The average Bonchev–Trinajstić information content (AvgIpc) is 2.73. The zero-order valence-corrected chi connectivity index (χ0v) is 17.7. The van der Waals surface area contributed by atoms with Crippen molar-refractivity contribution in [3.05, 3.63) is 96.1 Å². The number of hydrogen-bond acceptors (Lipinski definition) is 2. The minimum Gasteiger partial charge on any atom is -0.341 e. The van der Waals surface area contributed by atoms with Gasteiger partial charge in [-0.3, -0.25) is 4.99 Å². The topological polar surface area (TPSA) is 15.6 Å². The van der Waals surface area contributed by atoms with Crippen LogP contribution in [0.25, 0.3) is 0 Å². The second-order valence-electron chi connectivity index (χ2n) is 7.84. The number of hydrogen-bond donors (Lipinski definition) is 0. The highest BCUT2D eigenvalue weighted by Gasteiger charge is 2.17. The first-order chi connectivity index (χ1) is 14.0. The van der Waals surface area contributed by atoms with Crippen molar-refractivity contribution < 1.29 is 0 Å². The van der Waals surface area contributed by atoms with Gasteiger partial charge in [0.15, 0.2) is 0 Å². The molecular formula is C27H28N2. The Labute approximate surface area is 174 Å². The molecule has 0 fully saturated rings. The van der Waals surface area contributed by atoms with Crippen LogP contribution in [0.3, 0.4) is 0 Å². The smallest absolute Gasteiger partial charge is 0.117 e. The molecule has 0 aliphatic rings. The van der Waals surface area contributed by atoms with Crippen LogP contribution in [-0.2, 0) is 0 Å². The van der Waals surface area contributed by atoms with E-state index in [4.69, 9.17) is 4.99 Å². The van der Waals surface area contributed by atoms with Crippen LogP contribution in [0.1, 0.15) is 38.8 Å². The molecule has 0 amide bonds. The molecule has 0 unspecified atom stereocenters. The SMILES string of the molecule is CCN(c1ccccc1)c1ccccc1C(C#Cc1ccccc1)=NC(C)(C)C. The summed E-state index contributed by atoms with van der Waals surface area (Å²) < 4.78 is 0. The summed E-state index contributed by atoms with van der Waals surface area (Å²) in [6.07, 6.45) is 0. The van der Waals surface area contributed by atoms with Crippen LogP contribution in [0, 0.1) is 11.8 Å². The Morgan fingerprint density at radius 3 is 2.03 bits per heavy atom. The number of nitrogens with zero attached hydrogens (tertiary/aromatic N) is 2. The van der Waals surface area contributed by atoms with Crippen molar-refractivity contribution >= 4 is 17.1 Å². The third-order valence-electron chi connectivity index (χ3n) is 4.38. The van der Waals surface area contributed by atoms with Crippen molar-refractivity contribution in [3.8, 4) is 11.8 Å². The van der Waals surface area contributed by atoms with Crippen LogP contribution in [0.5, 0.6) is 0 Å². The van der Waals surface area contributed by atoms with Gasteiger partial charge in [-0.2, -0.15) is 0 Å². The Kier molecular flexibility index (Phi) is 6.52. The molecule has 0 spiro atoms. The van der Waals surface area contributed by atoms with Gasteiger partial charge in [-0.05, 0) is 63.9 Å². The zero-order chi connectivity index (χ0) is 20.7. The molecule has 0 bridgehead atoms. The quantitative estimate of drug-likeness (QED) is 0.373. The number of benzene rings is 3. The van der Waals surface area contributed by atoms with E-state index >= 15 is 0 Å². The number of rotatable bonds is 4. The molecule has 0 aromatic heterocycles. The van der Waals surface area contributed by atoms with Crippen molar-refractivity contribution in [2.24, 2.45) is 4.99 Å². The summed E-state index contributed by atoms with van der Waals surface area (Å²) in [5.74, 6) is 6.64. The molecule has 3 rings (SSSR count). The average molecular weight is 381 g/mol. The van der Waals surface area contributed by atoms with Gasteiger partial charge in [-0.25, -0.2) is 0 Å². The van der Waals surface area contributed by atoms with Crippen LogP contribution in [0.4, 0.5) is 11.4 Å². The standard InChI is InChI=1S/C27H28N2/c1-5-29(23-16-10-7-11-17-23)26-19-13-12-18-24(26)25(28-27(2,3)4)21-20-22-14-8-6-9-15-22/h6-19H,5H2,1-4H3. The zero-order valence-electron chi connectivity index (χ0n) is 17.7. The summed E-state index contributed by atoms with van der Waals surface area (Å²) in [6, 6.07) is 28.9. The second kappa shape index (κ2) is 9.26. The van der Waals surface area contributed by atoms with Crippen molar-refractivity contribution in [1.29, 1.82) is 0 Å². The molecule has 0 atom stereocenters. The lowest BCUT2D eigenvalue weighted by Gasteiger charge is -2.26. The monoisotopic (exact) mass is 380 g/mol. The normalized spacial score (nSPS) is 11.5. The Morgan fingerprint density at radius 1 is 0.828 bits per heavy atom. The summed E-state index contributed by atoms with van der Waals surface area (Å²) in [5.41, 5.74) is 4.91. The molecule has 3 aromatic carbocycles. The molecule has 146 valence electrons. The van der Waals surface area contributed by atoms with Gasteiger partial charge >= 0.3 is 0 Å². The van der Waals surface area contributed by atoms with E-state index in [1.54, 1.807) is 0 Å². The lowest BCUT2D eigenvalue weighted by molar-refractivity contribution is 0.585. The summed E-state index contributed by atoms with van der Waals surface area (Å²) in [6.45, 7) is 9.34. The summed E-state index contributed by atoms with van der Waals surface area (Å²) >= 11 is 0. The Balaban J connectivity index is 2.13. The maximum Gasteiger partial charge on any atom is 0.117 e. The Bertz CT molecular complexity index is 1020. The predicted octanol–water partition coefficient (Wildman–Crippen LogP) is 6.48. The van der Waals surface area contributed by atoms with Gasteiger partial charge < -0.3 is 4.90 Å². The second-order valence-corrected chi connectivity index (χ2v) is 7.84. The molecule has 2 heteroatoms. The van der Waals surface area contributed by atoms with Gasteiger partial charge in [-0.1, -0.05) is 60.5 Å². The highest BCUT2D eigenvalue weighted by molar-refractivity contribution is 6.16. The molecular weight excluding hydrogens is 352 g/mol. The van der Waals surface area contributed by atoms with Gasteiger partial charge in [-0.15, -0.1) is 0 Å². The van der Waals surface area contributed by atoms with Gasteiger partial charge in [0.2, 0.25) is 0 Å². The largest absolute Gasteiger partial charge is 0.341 e. The van der Waals surface area contributed by atoms with Crippen molar-refractivity contribution in [3.63, 3.8) is 0 Å². The molecule has 2 nitrogen and oxygen atoms in total. The van der Waals surface area contributed by atoms with E-state index < -0.39 is 0 Å². The van der Waals surface area contributed by atoms with E-state index in [1.165, 1.54) is 0 Å². The van der Waals surface area contributed by atoms with Crippen molar-refractivity contribution in [2.75, 3.05) is 11.4 Å². The van der Waals surface area contributed by atoms with Crippen molar-refractivity contribution in [2.45, 2.75) is 33.2 Å². The summed E-state index contributed by atoms with van der Waals surface area (Å²) in [5, 5.41) is 0. The molecule has 0 radical (unpaired) electrons. The van der Waals surface area contributed by atoms with Gasteiger partial charge in [0, 0.05) is 23.4 Å². The fourth-order valence-corrected chi connectivity index (χ4v) is 3.15. The molecule has 0 saturated heterocycles. The fraction of sp³-hybridized carbons (Fsp3) is 0.222. The van der Waals surface area contributed by atoms with Gasteiger partial charge in [0.25, 0.3) is 0 Å². The summed E-state index contributed by atoms with van der Waals surface area (Å²) in [7, 11) is 0. The van der Waals surface area contributed by atoms with Crippen LogP contribution in [0.15, 0.2) is 89.9 Å². The first kappa shape index (κ1) is 20.4. The summed E-state index contributed by atoms with van der Waals surface area (Å²) in [4.78, 5) is 7.28. The van der Waals surface area contributed by atoms with Crippen molar-refractivity contribution in [1.82, 2.24) is 0 Å². The third-order valence-corrected chi connectivity index (χ3v) is 4.38. The number of para-hydroxylation sites is 2. The van der Waals surface area contributed by atoms with E-state index in [2.05, 4.69) is 93.0 Å². The molecule has 3 aromatic rings. The van der Waals surface area contributed by atoms with Crippen LogP contribution < -0.4 is 4.90 Å². The van der Waals surface area contributed by atoms with Crippen LogP contribution in [-0.4, -0.2) is 17.8 Å². The molecule has 0 N–H and O–H groups in total. The molecule has 0 aliphatic heterocycles. The van der Waals surface area contributed by atoms with E-state index in [0.29, 0.717) is 0 Å². The molecule has 29 heavy (non-hydrogen) atoms. The lowest BCUT2D eigenvalue weighted by Crippen LogP contribution is -2.20. The molecule has 0 heterocycles. The van der Waals surface area contributed by atoms with Crippen LogP contribution >= 0.6 is 0 Å². The van der Waals surface area contributed by atoms with Crippen LogP contribution in [0.2, 0.25) is 0 Å². The first-order valence-corrected chi connectivity index (χ1v) is 10.1. The van der Waals surface area contributed by atoms with E-state index in [0.717, 1.165) is 34.8 Å². The van der Waals surface area contributed by atoms with E-state index in [-0.39, 0.29) is 5.54 Å². The molecule has 0 aliphatic carbocycles. The number of anilines is 2. The molecule has 0 saturated carbocycles. The maximum absolute atomic E-state index is 4.98. The predicted molar refractivity (Wildman–Crippen MR) is 125 cm³/mol. The number of aliphatic imine (C=N–C) groups is 1. The van der Waals surface area contributed by atoms with E-state index in [9.17, 15) is 0 Å². The van der Waals surface area contributed by atoms with E-state index in [1.807, 2.05) is 36.4 Å². The minimum absolute atomic E-state index is 0.225.